The van der Waals surface area contributed by atoms with Crippen LogP contribution in [0.2, 0.25) is 10.0 Å². The molecule has 130 valence electrons. The number of halogens is 2. The summed E-state index contributed by atoms with van der Waals surface area (Å²) < 4.78 is 0. The van der Waals surface area contributed by atoms with Gasteiger partial charge in [-0.25, -0.2) is 0 Å². The molecule has 0 heterocycles. The van der Waals surface area contributed by atoms with Gasteiger partial charge in [-0.2, -0.15) is 0 Å². The van der Waals surface area contributed by atoms with E-state index in [0.29, 0.717) is 23.1 Å². The minimum Gasteiger partial charge on any atom is -0.351 e. The number of rotatable bonds is 8. The molecule has 1 unspecified atom stereocenters. The van der Waals surface area contributed by atoms with Crippen LogP contribution >= 0.6 is 23.2 Å². The predicted octanol–water partition coefficient (Wildman–Crippen LogP) is 0.876. The van der Waals surface area contributed by atoms with E-state index in [1.807, 2.05) is 19.2 Å². The van der Waals surface area contributed by atoms with Crippen LogP contribution in [-0.4, -0.2) is 38.1 Å². The molecule has 1 amide bonds. The molecule has 23 heavy (non-hydrogen) atoms. The van der Waals surface area contributed by atoms with Crippen molar-refractivity contribution in [2.24, 2.45) is 0 Å². The lowest BCUT2D eigenvalue weighted by molar-refractivity contribution is -0.885. The minimum absolute atomic E-state index is 0.0725. The van der Waals surface area contributed by atoms with Gasteiger partial charge < -0.3 is 15.5 Å². The molecule has 0 saturated carbocycles. The lowest BCUT2D eigenvalue weighted by Gasteiger charge is -2.17. The first-order chi connectivity index (χ1) is 10.7. The molecule has 4 nitrogen and oxygen atoms in total. The first-order valence-electron chi connectivity index (χ1n) is 8.03. The van der Waals surface area contributed by atoms with E-state index in [2.05, 4.69) is 31.4 Å². The summed E-state index contributed by atoms with van der Waals surface area (Å²) in [7, 11) is 1.98. The predicted molar refractivity (Wildman–Crippen MR) is 96.1 cm³/mol. The van der Waals surface area contributed by atoms with Gasteiger partial charge in [-0.1, -0.05) is 29.3 Å². The number of benzene rings is 1. The third-order valence-electron chi connectivity index (χ3n) is 3.43. The Morgan fingerprint density at radius 2 is 2.00 bits per heavy atom. The van der Waals surface area contributed by atoms with E-state index in [1.165, 1.54) is 0 Å². The molecule has 0 fully saturated rings. The smallest absolute Gasteiger partial charge is 0.275 e. The highest BCUT2D eigenvalue weighted by molar-refractivity contribution is 6.35. The van der Waals surface area contributed by atoms with E-state index in [1.54, 1.807) is 6.07 Å². The van der Waals surface area contributed by atoms with Crippen molar-refractivity contribution in [3.8, 4) is 0 Å². The van der Waals surface area contributed by atoms with Gasteiger partial charge in [0.15, 0.2) is 6.54 Å². The molecule has 1 aromatic rings. The zero-order chi connectivity index (χ0) is 17.5. The van der Waals surface area contributed by atoms with Crippen LogP contribution in [0.4, 0.5) is 0 Å². The second-order valence-electron chi connectivity index (χ2n) is 7.11. The van der Waals surface area contributed by atoms with Gasteiger partial charge in [0, 0.05) is 23.6 Å². The van der Waals surface area contributed by atoms with Crippen LogP contribution in [0.15, 0.2) is 18.2 Å². The average molecular weight is 362 g/mol. The molecule has 4 N–H and O–H groups in total. The molecule has 0 bridgehead atoms. The van der Waals surface area contributed by atoms with Crippen molar-refractivity contribution in [3.05, 3.63) is 33.8 Å². The molecule has 1 aromatic carbocycles. The molecule has 0 aliphatic heterocycles. The van der Waals surface area contributed by atoms with Crippen molar-refractivity contribution < 1.29 is 15.0 Å². The zero-order valence-corrected chi connectivity index (χ0v) is 16.0. The highest BCUT2D eigenvalue weighted by Gasteiger charge is 2.14. The van der Waals surface area contributed by atoms with Gasteiger partial charge in [-0.15, -0.1) is 0 Å². The van der Waals surface area contributed by atoms with Crippen LogP contribution in [-0.2, 0) is 11.3 Å². The molecule has 6 heteroatoms. The van der Waals surface area contributed by atoms with Gasteiger partial charge in [0.25, 0.3) is 5.91 Å². The topological polar surface area (TPSA) is 50.1 Å². The molecule has 0 aliphatic carbocycles. The van der Waals surface area contributed by atoms with Crippen molar-refractivity contribution in [1.29, 1.82) is 0 Å². The van der Waals surface area contributed by atoms with Crippen LogP contribution in [0, 0.1) is 0 Å². The normalized spacial score (nSPS) is 13.0. The highest BCUT2D eigenvalue weighted by atomic mass is 35.5. The van der Waals surface area contributed by atoms with Gasteiger partial charge in [-0.05, 0) is 32.9 Å². The van der Waals surface area contributed by atoms with Crippen molar-refractivity contribution >= 4 is 29.1 Å². The zero-order valence-electron chi connectivity index (χ0n) is 14.5. The minimum atomic E-state index is 0.0725. The molecule has 1 rings (SSSR count). The summed E-state index contributed by atoms with van der Waals surface area (Å²) in [5.41, 5.74) is 1.24. The Bertz CT molecular complexity index is 515. The number of carbonyl (C=O) groups excluding carboxylic acids is 1. The van der Waals surface area contributed by atoms with Crippen molar-refractivity contribution in [2.45, 2.75) is 39.3 Å². The largest absolute Gasteiger partial charge is 0.351 e. The van der Waals surface area contributed by atoms with Crippen LogP contribution in [0.25, 0.3) is 0 Å². The number of hydrogen-bond donors (Lipinski definition) is 3. The van der Waals surface area contributed by atoms with Gasteiger partial charge in [0.2, 0.25) is 0 Å². The Balaban J connectivity index is 2.26. The number of amides is 1. The van der Waals surface area contributed by atoms with Crippen LogP contribution < -0.4 is 15.5 Å². The Labute approximate surface area is 149 Å². The van der Waals surface area contributed by atoms with E-state index < -0.39 is 0 Å². The van der Waals surface area contributed by atoms with Crippen LogP contribution in [0.1, 0.15) is 32.8 Å². The second kappa shape index (κ2) is 9.48. The quantitative estimate of drug-likeness (QED) is 0.591. The summed E-state index contributed by atoms with van der Waals surface area (Å²) in [5, 5.41) is 6.54. The Hall–Kier alpha value is -0.810. The first-order valence-corrected chi connectivity index (χ1v) is 8.79. The summed E-state index contributed by atoms with van der Waals surface area (Å²) >= 11 is 12.1. The number of hydrogen-bond acceptors (Lipinski definition) is 1. The third-order valence-corrected chi connectivity index (χ3v) is 4.02. The lowest BCUT2D eigenvalue weighted by atomic mass is 10.1. The van der Waals surface area contributed by atoms with Crippen molar-refractivity contribution in [3.63, 3.8) is 0 Å². The molecule has 0 radical (unpaired) electrons. The molecular formula is C17H29Cl2N3O+2. The van der Waals surface area contributed by atoms with Gasteiger partial charge in [-0.3, -0.25) is 4.79 Å². The maximum Gasteiger partial charge on any atom is 0.275 e. The monoisotopic (exact) mass is 361 g/mol. The van der Waals surface area contributed by atoms with Gasteiger partial charge in [0.05, 0.1) is 24.2 Å². The van der Waals surface area contributed by atoms with E-state index in [9.17, 15) is 4.79 Å². The number of carbonyl (C=O) groups is 1. The molecule has 1 atom stereocenters. The number of nitrogens with two attached hydrogens (primary N) is 1. The van der Waals surface area contributed by atoms with Crippen molar-refractivity contribution in [2.75, 3.05) is 26.7 Å². The molecule has 0 spiro atoms. The Morgan fingerprint density at radius 1 is 1.30 bits per heavy atom. The molecule has 0 saturated heterocycles. The lowest BCUT2D eigenvalue weighted by Crippen LogP contribution is -3.08. The third kappa shape index (κ3) is 9.16. The average Bonchev–Trinajstić information content (AvgIpc) is 2.40. The van der Waals surface area contributed by atoms with Crippen molar-refractivity contribution in [1.82, 2.24) is 5.32 Å². The summed E-state index contributed by atoms with van der Waals surface area (Å²) in [4.78, 5) is 13.0. The summed E-state index contributed by atoms with van der Waals surface area (Å²) in [6.07, 6.45) is 0.977. The fraction of sp³-hybridized carbons (Fsp3) is 0.588. The summed E-state index contributed by atoms with van der Waals surface area (Å²) in [6, 6.07) is 5.47. The van der Waals surface area contributed by atoms with Crippen LogP contribution in [0.5, 0.6) is 0 Å². The number of quaternary nitrogens is 2. The summed E-state index contributed by atoms with van der Waals surface area (Å²) in [6.45, 7) is 9.43. The maximum atomic E-state index is 11.9. The van der Waals surface area contributed by atoms with E-state index in [0.717, 1.165) is 30.0 Å². The maximum absolute atomic E-state index is 11.9. The molecule has 0 aromatic heterocycles. The fourth-order valence-electron chi connectivity index (χ4n) is 2.25. The van der Waals surface area contributed by atoms with E-state index >= 15 is 0 Å². The highest BCUT2D eigenvalue weighted by Crippen LogP contribution is 2.19. The standard InChI is InChI=1S/C17H27Cl2N3O/c1-17(2,3)21-9-5-8-20-16(23)12-22(4)11-13-6-7-14(18)10-15(13)19/h6-7,10,21H,5,8-9,11-12H2,1-4H3,(H,20,23)/p+2. The fourth-order valence-corrected chi connectivity index (χ4v) is 2.73. The van der Waals surface area contributed by atoms with E-state index in [-0.39, 0.29) is 11.4 Å². The molecule has 0 aliphatic rings. The first kappa shape index (κ1) is 20.2. The SMILES string of the molecule is C[NH+](CC(=O)NCCC[NH2+]C(C)(C)C)Cc1ccc(Cl)cc1Cl. The van der Waals surface area contributed by atoms with Gasteiger partial charge >= 0.3 is 0 Å². The Kier molecular flexibility index (Phi) is 8.34. The second-order valence-corrected chi connectivity index (χ2v) is 7.95. The van der Waals surface area contributed by atoms with E-state index in [4.69, 9.17) is 23.2 Å². The number of likely N-dealkylation sites (N-methyl/N-ethyl adjacent to an activating group) is 1. The van der Waals surface area contributed by atoms with Crippen LogP contribution in [0.3, 0.4) is 0 Å². The van der Waals surface area contributed by atoms with Gasteiger partial charge in [0.1, 0.15) is 6.54 Å². The summed E-state index contributed by atoms with van der Waals surface area (Å²) in [5.74, 6) is 0.0725. The molecular weight excluding hydrogens is 333 g/mol. The Morgan fingerprint density at radius 3 is 2.61 bits per heavy atom. The number of nitrogens with one attached hydrogen (secondary N) is 2.